The van der Waals surface area contributed by atoms with Crippen molar-refractivity contribution >= 4 is 0 Å². The highest BCUT2D eigenvalue weighted by atomic mass is 16.6. The highest BCUT2D eigenvalue weighted by molar-refractivity contribution is 5.28. The number of aromatic nitrogens is 3. The first-order chi connectivity index (χ1) is 12.3. The van der Waals surface area contributed by atoms with Gasteiger partial charge in [0.15, 0.2) is 5.82 Å². The van der Waals surface area contributed by atoms with Crippen molar-refractivity contribution in [1.82, 2.24) is 14.8 Å². The second-order valence-corrected chi connectivity index (χ2v) is 5.96. The summed E-state index contributed by atoms with van der Waals surface area (Å²) in [4.78, 5) is 4.70. The molecule has 1 aliphatic rings. The average molecular weight is 347 g/mol. The number of methoxy groups -OCH3 is 2. The maximum absolute atomic E-state index is 5.74. The van der Waals surface area contributed by atoms with Crippen molar-refractivity contribution in [2.24, 2.45) is 0 Å². The number of rotatable bonds is 8. The van der Waals surface area contributed by atoms with Crippen LogP contribution in [0.15, 0.2) is 24.3 Å². The Morgan fingerprint density at radius 1 is 1.20 bits per heavy atom. The van der Waals surface area contributed by atoms with Crippen molar-refractivity contribution in [2.45, 2.75) is 25.5 Å². The molecule has 2 aromatic rings. The number of hydrogen-bond acceptors (Lipinski definition) is 6. The molecule has 25 heavy (non-hydrogen) atoms. The van der Waals surface area contributed by atoms with Crippen LogP contribution in [-0.4, -0.2) is 61.5 Å². The van der Waals surface area contributed by atoms with E-state index >= 15 is 0 Å². The molecule has 1 fully saturated rings. The highest BCUT2D eigenvalue weighted by Crippen LogP contribution is 2.14. The lowest BCUT2D eigenvalue weighted by Crippen LogP contribution is -2.33. The minimum atomic E-state index is 0.0191. The lowest BCUT2D eigenvalue weighted by atomic mass is 10.1. The molecule has 0 bridgehead atoms. The molecule has 0 spiro atoms. The van der Waals surface area contributed by atoms with Gasteiger partial charge in [0, 0.05) is 20.0 Å². The number of hydrogen-bond donors (Lipinski definition) is 0. The number of nitrogens with zero attached hydrogens (tertiary/aromatic N) is 3. The quantitative estimate of drug-likeness (QED) is 0.721. The van der Waals surface area contributed by atoms with Gasteiger partial charge in [-0.1, -0.05) is 12.1 Å². The van der Waals surface area contributed by atoms with Crippen molar-refractivity contribution in [3.63, 3.8) is 0 Å². The molecule has 0 aliphatic carbocycles. The molecule has 3 rings (SSSR count). The zero-order chi connectivity index (χ0) is 17.5. The van der Waals surface area contributed by atoms with Crippen LogP contribution < -0.4 is 4.74 Å². The van der Waals surface area contributed by atoms with Gasteiger partial charge >= 0.3 is 0 Å². The number of ether oxygens (including phenoxy) is 4. The third-order valence-corrected chi connectivity index (χ3v) is 4.10. The van der Waals surface area contributed by atoms with Crippen molar-refractivity contribution in [3.8, 4) is 5.75 Å². The second-order valence-electron chi connectivity index (χ2n) is 5.96. The van der Waals surface area contributed by atoms with E-state index in [4.69, 9.17) is 23.9 Å². The summed E-state index contributed by atoms with van der Waals surface area (Å²) in [7, 11) is 3.36. The van der Waals surface area contributed by atoms with Crippen LogP contribution >= 0.6 is 0 Å². The Labute approximate surface area is 147 Å². The van der Waals surface area contributed by atoms with Gasteiger partial charge in [0.05, 0.1) is 40.1 Å². The van der Waals surface area contributed by atoms with Crippen molar-refractivity contribution in [3.05, 3.63) is 41.5 Å². The van der Waals surface area contributed by atoms with Gasteiger partial charge < -0.3 is 18.9 Å². The van der Waals surface area contributed by atoms with Crippen LogP contribution in [0.1, 0.15) is 17.2 Å². The Morgan fingerprint density at radius 2 is 2.04 bits per heavy atom. The van der Waals surface area contributed by atoms with Gasteiger partial charge in [-0.15, -0.1) is 0 Å². The monoisotopic (exact) mass is 347 g/mol. The third kappa shape index (κ3) is 5.01. The average Bonchev–Trinajstić information content (AvgIpc) is 3.02. The Bertz CT molecular complexity index is 651. The van der Waals surface area contributed by atoms with Crippen molar-refractivity contribution in [1.29, 1.82) is 0 Å². The van der Waals surface area contributed by atoms with E-state index in [9.17, 15) is 0 Å². The molecule has 136 valence electrons. The molecule has 1 aliphatic heterocycles. The molecule has 0 amide bonds. The smallest absolute Gasteiger partial charge is 0.155 e. The lowest BCUT2D eigenvalue weighted by molar-refractivity contribution is -0.0949. The van der Waals surface area contributed by atoms with E-state index in [-0.39, 0.29) is 6.10 Å². The first-order valence-electron chi connectivity index (χ1n) is 8.52. The third-order valence-electron chi connectivity index (χ3n) is 4.10. The van der Waals surface area contributed by atoms with Crippen molar-refractivity contribution in [2.75, 3.05) is 40.6 Å². The maximum Gasteiger partial charge on any atom is 0.155 e. The highest BCUT2D eigenvalue weighted by Gasteiger charge is 2.19. The van der Waals surface area contributed by atoms with Gasteiger partial charge in [0.25, 0.3) is 0 Å². The SMILES string of the molecule is COCCc1nc(Cc2ccc(OC)cc2)nn1C[C@@H]1COCCO1. The second kappa shape index (κ2) is 8.94. The van der Waals surface area contributed by atoms with Gasteiger partial charge in [-0.2, -0.15) is 5.10 Å². The molecule has 1 saturated heterocycles. The van der Waals surface area contributed by atoms with E-state index in [1.807, 2.05) is 28.9 Å². The molecule has 1 atom stereocenters. The van der Waals surface area contributed by atoms with E-state index in [0.29, 0.717) is 39.4 Å². The van der Waals surface area contributed by atoms with E-state index in [1.54, 1.807) is 14.2 Å². The van der Waals surface area contributed by atoms with Crippen LogP contribution in [0.2, 0.25) is 0 Å². The largest absolute Gasteiger partial charge is 0.497 e. The fourth-order valence-electron chi connectivity index (χ4n) is 2.79. The van der Waals surface area contributed by atoms with Gasteiger partial charge in [-0.05, 0) is 17.7 Å². The number of benzene rings is 1. The fourth-order valence-corrected chi connectivity index (χ4v) is 2.79. The van der Waals surface area contributed by atoms with E-state index in [1.165, 1.54) is 0 Å². The Balaban J connectivity index is 1.71. The minimum absolute atomic E-state index is 0.0191. The van der Waals surface area contributed by atoms with E-state index in [0.717, 1.165) is 29.4 Å². The van der Waals surface area contributed by atoms with Gasteiger partial charge in [0.1, 0.15) is 17.7 Å². The minimum Gasteiger partial charge on any atom is -0.497 e. The van der Waals surface area contributed by atoms with E-state index < -0.39 is 0 Å². The Kier molecular flexibility index (Phi) is 6.38. The molecule has 0 N–H and O–H groups in total. The summed E-state index contributed by atoms with van der Waals surface area (Å²) < 4.78 is 23.5. The molecule has 1 aromatic heterocycles. The van der Waals surface area contributed by atoms with Crippen LogP contribution in [0.3, 0.4) is 0 Å². The summed E-state index contributed by atoms with van der Waals surface area (Å²) in [6, 6.07) is 7.97. The summed E-state index contributed by atoms with van der Waals surface area (Å²) in [6.07, 6.45) is 1.42. The Morgan fingerprint density at radius 3 is 2.72 bits per heavy atom. The molecule has 1 aromatic carbocycles. The van der Waals surface area contributed by atoms with E-state index in [2.05, 4.69) is 5.10 Å². The lowest BCUT2D eigenvalue weighted by Gasteiger charge is -2.23. The zero-order valence-electron chi connectivity index (χ0n) is 14.8. The normalized spacial score (nSPS) is 17.6. The molecular formula is C18H25N3O4. The van der Waals surface area contributed by atoms with Gasteiger partial charge in [-0.25, -0.2) is 9.67 Å². The fraction of sp³-hybridized carbons (Fsp3) is 0.556. The predicted molar refractivity (Wildman–Crippen MR) is 92.0 cm³/mol. The maximum atomic E-state index is 5.74. The molecule has 0 saturated carbocycles. The topological polar surface area (TPSA) is 67.6 Å². The molecule has 7 nitrogen and oxygen atoms in total. The first-order valence-corrected chi connectivity index (χ1v) is 8.52. The standard InChI is InChI=1S/C18H25N3O4/c1-22-8-7-18-19-17(11-14-3-5-15(23-2)6-4-14)20-21(18)12-16-13-24-9-10-25-16/h3-6,16H,7-13H2,1-2H3/t16-/m1/s1. The van der Waals surface area contributed by atoms with Gasteiger partial charge in [0.2, 0.25) is 0 Å². The van der Waals surface area contributed by atoms with Crippen molar-refractivity contribution < 1.29 is 18.9 Å². The summed E-state index contributed by atoms with van der Waals surface area (Å²) in [5.41, 5.74) is 1.15. The summed E-state index contributed by atoms with van der Waals surface area (Å²) in [5, 5.41) is 4.68. The van der Waals surface area contributed by atoms with Crippen LogP contribution in [0.25, 0.3) is 0 Å². The molecular weight excluding hydrogens is 322 g/mol. The van der Waals surface area contributed by atoms with Crippen LogP contribution in [0, 0.1) is 0 Å². The van der Waals surface area contributed by atoms with Crippen LogP contribution in [0.5, 0.6) is 5.75 Å². The first kappa shape index (κ1) is 17.8. The molecule has 0 radical (unpaired) electrons. The van der Waals surface area contributed by atoms with Crippen LogP contribution in [-0.2, 0) is 33.6 Å². The predicted octanol–water partition coefficient (Wildman–Crippen LogP) is 1.48. The summed E-state index contributed by atoms with van der Waals surface area (Å²) in [5.74, 6) is 2.56. The molecule has 7 heteroatoms. The van der Waals surface area contributed by atoms with Gasteiger partial charge in [-0.3, -0.25) is 0 Å². The van der Waals surface area contributed by atoms with Crippen LogP contribution in [0.4, 0.5) is 0 Å². The summed E-state index contributed by atoms with van der Waals surface area (Å²) in [6.45, 7) is 3.15. The summed E-state index contributed by atoms with van der Waals surface area (Å²) >= 11 is 0. The Hall–Kier alpha value is -1.96. The molecule has 0 unspecified atom stereocenters. The molecule has 2 heterocycles. The zero-order valence-corrected chi connectivity index (χ0v) is 14.8.